The largest absolute Gasteiger partial charge is 0.491 e. The fourth-order valence-corrected chi connectivity index (χ4v) is 3.23. The van der Waals surface area contributed by atoms with Crippen molar-refractivity contribution >= 4 is 0 Å². The molecule has 3 N–H and O–H groups in total. The van der Waals surface area contributed by atoms with E-state index in [1.165, 1.54) is 11.1 Å². The molecule has 0 saturated heterocycles. The van der Waals surface area contributed by atoms with Gasteiger partial charge in [0.2, 0.25) is 0 Å². The topological polar surface area (TPSA) is 61.7 Å². The van der Waals surface area contributed by atoms with Crippen LogP contribution in [0.2, 0.25) is 0 Å². The number of aliphatic hydroxyl groups is 2. The molecule has 2 atom stereocenters. The van der Waals surface area contributed by atoms with Crippen LogP contribution in [0.5, 0.6) is 5.75 Å². The fourth-order valence-electron chi connectivity index (χ4n) is 3.23. The number of rotatable bonds is 7. The maximum absolute atomic E-state index is 10.3. The van der Waals surface area contributed by atoms with E-state index in [0.29, 0.717) is 19.2 Å². The molecule has 1 aliphatic carbocycles. The molecule has 4 heteroatoms. The van der Waals surface area contributed by atoms with E-state index in [2.05, 4.69) is 17.4 Å². The molecule has 0 radical (unpaired) electrons. The number of aliphatic hydroxyl groups excluding tert-OH is 2. The summed E-state index contributed by atoms with van der Waals surface area (Å²) in [6, 6.07) is 16.3. The zero-order valence-electron chi connectivity index (χ0n) is 13.8. The first-order valence-electron chi connectivity index (χ1n) is 8.58. The highest BCUT2D eigenvalue weighted by molar-refractivity contribution is 5.38. The summed E-state index contributed by atoms with van der Waals surface area (Å²) in [6.45, 7) is 0.910. The van der Waals surface area contributed by atoms with Crippen LogP contribution in [0.3, 0.4) is 0 Å². The molecule has 1 aliphatic rings. The van der Waals surface area contributed by atoms with Crippen molar-refractivity contribution in [1.29, 1.82) is 0 Å². The third-order valence-corrected chi connectivity index (χ3v) is 4.55. The summed E-state index contributed by atoms with van der Waals surface area (Å²) in [4.78, 5) is 0. The maximum Gasteiger partial charge on any atom is 0.119 e. The van der Waals surface area contributed by atoms with Gasteiger partial charge < -0.3 is 20.3 Å². The first-order chi connectivity index (χ1) is 11.8. The van der Waals surface area contributed by atoms with Gasteiger partial charge in [-0.15, -0.1) is 0 Å². The minimum absolute atomic E-state index is 0.0264. The summed E-state index contributed by atoms with van der Waals surface area (Å²) < 4.78 is 5.50. The van der Waals surface area contributed by atoms with Gasteiger partial charge >= 0.3 is 0 Å². The first kappa shape index (κ1) is 17.0. The lowest BCUT2D eigenvalue weighted by Crippen LogP contribution is -2.37. The van der Waals surface area contributed by atoms with E-state index in [0.717, 1.165) is 30.6 Å². The van der Waals surface area contributed by atoms with Crippen molar-refractivity contribution in [1.82, 2.24) is 5.32 Å². The Bertz CT molecular complexity index is 645. The van der Waals surface area contributed by atoms with E-state index in [1.54, 1.807) is 0 Å². The number of nitrogens with one attached hydrogen (secondary N) is 1. The Morgan fingerprint density at radius 1 is 1.12 bits per heavy atom. The Morgan fingerprint density at radius 2 is 1.96 bits per heavy atom. The third kappa shape index (κ3) is 4.35. The van der Waals surface area contributed by atoms with Crippen molar-refractivity contribution in [3.63, 3.8) is 0 Å². The molecule has 0 saturated carbocycles. The van der Waals surface area contributed by atoms with Crippen LogP contribution in [0, 0.1) is 0 Å². The van der Waals surface area contributed by atoms with Crippen molar-refractivity contribution in [3.05, 3.63) is 65.2 Å². The molecule has 4 nitrogen and oxygen atoms in total. The Hall–Kier alpha value is -1.88. The zero-order valence-corrected chi connectivity index (χ0v) is 13.8. The van der Waals surface area contributed by atoms with Crippen LogP contribution < -0.4 is 10.1 Å². The summed E-state index contributed by atoms with van der Waals surface area (Å²) in [7, 11) is 0. The quantitative estimate of drug-likeness (QED) is 0.730. The lowest BCUT2D eigenvalue weighted by molar-refractivity contribution is 0.168. The van der Waals surface area contributed by atoms with Crippen molar-refractivity contribution in [2.24, 2.45) is 0 Å². The van der Waals surface area contributed by atoms with Crippen LogP contribution in [-0.4, -0.2) is 36.0 Å². The van der Waals surface area contributed by atoms with Crippen LogP contribution in [-0.2, 0) is 12.8 Å². The minimum atomic E-state index is -0.480. The Kier molecular flexibility index (Phi) is 5.86. The standard InChI is InChI=1S/C20H25NO3/c22-10-11-24-19-9-7-15-6-8-18(12-17(15)13-19)21-14-20(23)16-4-2-1-3-5-16/h1-5,7,9,13,18,20-23H,6,8,10-12,14H2/t18-,20-/m0/s1. The van der Waals surface area contributed by atoms with Gasteiger partial charge in [-0.2, -0.15) is 0 Å². The average Bonchev–Trinajstić information content (AvgIpc) is 2.64. The first-order valence-corrected chi connectivity index (χ1v) is 8.58. The highest BCUT2D eigenvalue weighted by atomic mass is 16.5. The number of hydrogen-bond donors (Lipinski definition) is 3. The van der Waals surface area contributed by atoms with Gasteiger partial charge in [0, 0.05) is 12.6 Å². The lowest BCUT2D eigenvalue weighted by atomic mass is 9.88. The summed E-state index contributed by atoms with van der Waals surface area (Å²) in [5.41, 5.74) is 3.61. The van der Waals surface area contributed by atoms with Crippen molar-refractivity contribution in [3.8, 4) is 5.75 Å². The molecule has 2 aromatic rings. The van der Waals surface area contributed by atoms with Crippen molar-refractivity contribution in [2.45, 2.75) is 31.4 Å². The number of aryl methyl sites for hydroxylation is 1. The normalized spacial score (nSPS) is 18.0. The summed E-state index contributed by atoms with van der Waals surface area (Å²) >= 11 is 0. The van der Waals surface area contributed by atoms with Gasteiger partial charge in [-0.3, -0.25) is 0 Å². The lowest BCUT2D eigenvalue weighted by Gasteiger charge is -2.27. The molecular weight excluding hydrogens is 302 g/mol. The molecule has 0 unspecified atom stereocenters. The molecular formula is C20H25NO3. The molecule has 0 heterocycles. The zero-order chi connectivity index (χ0) is 16.8. The van der Waals surface area contributed by atoms with E-state index >= 15 is 0 Å². The smallest absolute Gasteiger partial charge is 0.119 e. The number of fused-ring (bicyclic) bond motifs is 1. The molecule has 0 fully saturated rings. The van der Waals surface area contributed by atoms with E-state index in [1.807, 2.05) is 36.4 Å². The van der Waals surface area contributed by atoms with Crippen LogP contribution in [0.25, 0.3) is 0 Å². The number of benzene rings is 2. The third-order valence-electron chi connectivity index (χ3n) is 4.55. The predicted octanol–water partition coefficient (Wildman–Crippen LogP) is 2.24. The maximum atomic E-state index is 10.3. The Balaban J connectivity index is 1.56. The Morgan fingerprint density at radius 3 is 2.75 bits per heavy atom. The van der Waals surface area contributed by atoms with Crippen LogP contribution in [0.15, 0.2) is 48.5 Å². The highest BCUT2D eigenvalue weighted by Gasteiger charge is 2.20. The van der Waals surface area contributed by atoms with E-state index in [-0.39, 0.29) is 6.61 Å². The SMILES string of the molecule is OCCOc1ccc2c(c1)C[C@@H](NC[C@H](O)c1ccccc1)CC2. The molecule has 0 aromatic heterocycles. The Labute approximate surface area is 143 Å². The average molecular weight is 327 g/mol. The summed E-state index contributed by atoms with van der Waals surface area (Å²) in [6.07, 6.45) is 2.57. The van der Waals surface area contributed by atoms with Gasteiger partial charge in [0.15, 0.2) is 0 Å². The summed E-state index contributed by atoms with van der Waals surface area (Å²) in [5, 5.41) is 22.6. The molecule has 0 aliphatic heterocycles. The van der Waals surface area contributed by atoms with Crippen molar-refractivity contribution in [2.75, 3.05) is 19.8 Å². The molecule has 128 valence electrons. The molecule has 0 amide bonds. The van der Waals surface area contributed by atoms with Gasteiger partial charge in [-0.1, -0.05) is 36.4 Å². The van der Waals surface area contributed by atoms with Gasteiger partial charge in [0.25, 0.3) is 0 Å². The van der Waals surface area contributed by atoms with Crippen LogP contribution in [0.1, 0.15) is 29.2 Å². The number of ether oxygens (including phenoxy) is 1. The second kappa shape index (κ2) is 8.29. The molecule has 0 bridgehead atoms. The summed E-state index contributed by atoms with van der Waals surface area (Å²) in [5.74, 6) is 0.813. The monoisotopic (exact) mass is 327 g/mol. The second-order valence-corrected chi connectivity index (χ2v) is 6.28. The van der Waals surface area contributed by atoms with Crippen LogP contribution >= 0.6 is 0 Å². The molecule has 3 rings (SSSR count). The predicted molar refractivity (Wildman–Crippen MR) is 94.2 cm³/mol. The molecule has 2 aromatic carbocycles. The molecule has 0 spiro atoms. The minimum Gasteiger partial charge on any atom is -0.491 e. The van der Waals surface area contributed by atoms with Gasteiger partial charge in [-0.25, -0.2) is 0 Å². The highest BCUT2D eigenvalue weighted by Crippen LogP contribution is 2.26. The van der Waals surface area contributed by atoms with Crippen molar-refractivity contribution < 1.29 is 14.9 Å². The fraction of sp³-hybridized carbons (Fsp3) is 0.400. The van der Waals surface area contributed by atoms with Gasteiger partial charge in [0.05, 0.1) is 12.7 Å². The number of hydrogen-bond acceptors (Lipinski definition) is 4. The van der Waals surface area contributed by atoms with Gasteiger partial charge in [0.1, 0.15) is 12.4 Å². The van der Waals surface area contributed by atoms with E-state index in [4.69, 9.17) is 9.84 Å². The van der Waals surface area contributed by atoms with E-state index < -0.39 is 6.10 Å². The van der Waals surface area contributed by atoms with Gasteiger partial charge in [-0.05, 0) is 48.1 Å². The van der Waals surface area contributed by atoms with E-state index in [9.17, 15) is 5.11 Å². The molecule has 24 heavy (non-hydrogen) atoms. The van der Waals surface area contributed by atoms with Crippen LogP contribution in [0.4, 0.5) is 0 Å². The second-order valence-electron chi connectivity index (χ2n) is 6.28.